The number of aryl methyl sites for hydroxylation is 1. The molecule has 53 heavy (non-hydrogen) atoms. The number of hydrogen-bond donors (Lipinski definition) is 0. The van der Waals surface area contributed by atoms with E-state index in [2.05, 4.69) is 192 Å². The molecule has 0 amide bonds. The molecule has 0 spiro atoms. The fourth-order valence-electron chi connectivity index (χ4n) is 8.31. The molecule has 1 aliphatic carbocycles. The molecular formula is C50H35BN2. The van der Waals surface area contributed by atoms with Gasteiger partial charge in [0.1, 0.15) is 7.85 Å². The van der Waals surface area contributed by atoms with Crippen LogP contribution in [0.25, 0.3) is 77.2 Å². The van der Waals surface area contributed by atoms with Crippen molar-refractivity contribution >= 4 is 56.9 Å². The van der Waals surface area contributed by atoms with E-state index in [0.717, 1.165) is 11.9 Å². The zero-order valence-corrected chi connectivity index (χ0v) is 29.5. The summed E-state index contributed by atoms with van der Waals surface area (Å²) >= 11 is 0. The normalized spacial score (nSPS) is 11.9. The van der Waals surface area contributed by atoms with Crippen molar-refractivity contribution in [1.82, 2.24) is 9.13 Å². The molecule has 2 radical (unpaired) electrons. The van der Waals surface area contributed by atoms with Gasteiger partial charge in [0.25, 0.3) is 0 Å². The molecule has 0 bridgehead atoms. The maximum absolute atomic E-state index is 6.10. The van der Waals surface area contributed by atoms with Crippen LogP contribution in [0, 0.1) is 6.92 Å². The molecule has 8 aromatic carbocycles. The van der Waals surface area contributed by atoms with Crippen molar-refractivity contribution in [3.63, 3.8) is 0 Å². The van der Waals surface area contributed by atoms with E-state index in [-0.39, 0.29) is 0 Å². The second-order valence-corrected chi connectivity index (χ2v) is 14.1. The van der Waals surface area contributed by atoms with Gasteiger partial charge in [-0.25, -0.2) is 0 Å². The third kappa shape index (κ3) is 5.28. The molecule has 0 N–H and O–H groups in total. The smallest absolute Gasteiger partial charge is 0.113 e. The third-order valence-electron chi connectivity index (χ3n) is 10.8. The second kappa shape index (κ2) is 12.6. The van der Waals surface area contributed by atoms with E-state index in [0.29, 0.717) is 0 Å². The molecule has 2 aromatic heterocycles. The maximum Gasteiger partial charge on any atom is 0.113 e. The van der Waals surface area contributed by atoms with E-state index in [9.17, 15) is 0 Å². The summed E-state index contributed by atoms with van der Waals surface area (Å²) in [6.45, 7) is 2.15. The molecule has 2 nitrogen and oxygen atoms in total. The van der Waals surface area contributed by atoms with Gasteiger partial charge in [-0.05, 0) is 113 Å². The second-order valence-electron chi connectivity index (χ2n) is 14.1. The van der Waals surface area contributed by atoms with Gasteiger partial charge < -0.3 is 9.13 Å². The van der Waals surface area contributed by atoms with Crippen LogP contribution < -0.4 is 5.46 Å². The van der Waals surface area contributed by atoms with E-state index < -0.39 is 0 Å². The van der Waals surface area contributed by atoms with Gasteiger partial charge in [-0.15, -0.1) is 0 Å². The van der Waals surface area contributed by atoms with E-state index in [4.69, 9.17) is 7.85 Å². The van der Waals surface area contributed by atoms with Crippen LogP contribution in [0.3, 0.4) is 0 Å². The molecule has 11 rings (SSSR count). The quantitative estimate of drug-likeness (QED) is 0.165. The van der Waals surface area contributed by atoms with E-state index >= 15 is 0 Å². The molecule has 10 aromatic rings. The third-order valence-corrected chi connectivity index (χ3v) is 10.8. The summed E-state index contributed by atoms with van der Waals surface area (Å²) in [4.78, 5) is 0. The molecule has 0 saturated carbocycles. The standard InChI is InChI=1S/C31H20BN.C19H15N/c32-24-14-12-23-16-22-11-10-20(17-27(22)28(23)19-24)21-13-15-31-29(18-21)26-8-4-5-9-30(26)33(31)25-6-2-1-3-7-25;1-14-11-12-19-17(13-14)16-9-5-6-10-18(16)20(19)15-7-3-2-4-8-15/h1-15,17-19H,16H2;2-13H,1H3. The summed E-state index contributed by atoms with van der Waals surface area (Å²) in [5, 5.41) is 5.19. The number of benzene rings is 8. The summed E-state index contributed by atoms with van der Waals surface area (Å²) in [6, 6.07) is 65.1. The topological polar surface area (TPSA) is 9.86 Å². The van der Waals surface area contributed by atoms with Crippen LogP contribution in [0.15, 0.2) is 182 Å². The Bertz CT molecular complexity index is 2990. The first-order valence-corrected chi connectivity index (χ1v) is 18.3. The zero-order valence-electron chi connectivity index (χ0n) is 29.5. The Morgan fingerprint density at radius 3 is 1.51 bits per heavy atom. The molecule has 0 saturated heterocycles. The van der Waals surface area contributed by atoms with Crippen molar-refractivity contribution in [2.24, 2.45) is 0 Å². The number of aromatic nitrogens is 2. The Morgan fingerprint density at radius 2 is 0.868 bits per heavy atom. The molecular weight excluding hydrogens is 639 g/mol. The highest BCUT2D eigenvalue weighted by molar-refractivity contribution is 6.32. The molecule has 0 fully saturated rings. The molecule has 0 unspecified atom stereocenters. The number of rotatable bonds is 3. The number of fused-ring (bicyclic) bond motifs is 9. The average molecular weight is 675 g/mol. The van der Waals surface area contributed by atoms with Crippen molar-refractivity contribution in [1.29, 1.82) is 0 Å². The van der Waals surface area contributed by atoms with Crippen molar-refractivity contribution < 1.29 is 0 Å². The fraction of sp³-hybridized carbons (Fsp3) is 0.0400. The molecule has 1 aliphatic rings. The van der Waals surface area contributed by atoms with Crippen LogP contribution in [0.1, 0.15) is 16.7 Å². The predicted molar refractivity (Wildman–Crippen MR) is 225 cm³/mol. The Kier molecular flexibility index (Phi) is 7.40. The van der Waals surface area contributed by atoms with Gasteiger partial charge in [0.05, 0.1) is 22.1 Å². The zero-order chi connectivity index (χ0) is 35.5. The lowest BCUT2D eigenvalue weighted by molar-refractivity contribution is 1.18. The minimum atomic E-state index is 0.821. The molecule has 248 valence electrons. The Balaban J connectivity index is 0.000000149. The lowest BCUT2D eigenvalue weighted by Gasteiger charge is -2.09. The fourth-order valence-corrected chi connectivity index (χ4v) is 8.31. The maximum atomic E-state index is 6.10. The van der Waals surface area contributed by atoms with Crippen molar-refractivity contribution in [2.75, 3.05) is 0 Å². The lowest BCUT2D eigenvalue weighted by Crippen LogP contribution is -2.01. The van der Waals surface area contributed by atoms with Gasteiger partial charge in [-0.2, -0.15) is 0 Å². The number of para-hydroxylation sites is 4. The highest BCUT2D eigenvalue weighted by atomic mass is 15.0. The van der Waals surface area contributed by atoms with Crippen LogP contribution in [-0.4, -0.2) is 17.0 Å². The van der Waals surface area contributed by atoms with Gasteiger partial charge in [-0.1, -0.05) is 126 Å². The predicted octanol–water partition coefficient (Wildman–Crippen LogP) is 11.9. The SMILES string of the molecule is Cc1ccc2c(c1)c1ccccc1n2-c1ccccc1.[B]c1ccc2c(c1)-c1cc(-c3ccc4c(c3)c3ccccc3n4-c3ccccc3)ccc1C2. The lowest BCUT2D eigenvalue weighted by atomic mass is 9.91. The largest absolute Gasteiger partial charge is 0.309 e. The minimum Gasteiger partial charge on any atom is -0.309 e. The summed E-state index contributed by atoms with van der Waals surface area (Å²) < 4.78 is 4.69. The first-order valence-electron chi connectivity index (χ1n) is 18.3. The van der Waals surface area contributed by atoms with Gasteiger partial charge in [-0.3, -0.25) is 0 Å². The highest BCUT2D eigenvalue weighted by Gasteiger charge is 2.20. The first-order chi connectivity index (χ1) is 26.1. The molecule has 2 heterocycles. The summed E-state index contributed by atoms with van der Waals surface area (Å²) in [7, 11) is 6.10. The van der Waals surface area contributed by atoms with Crippen LogP contribution in [0.2, 0.25) is 0 Å². The van der Waals surface area contributed by atoms with Crippen molar-refractivity contribution in [2.45, 2.75) is 13.3 Å². The van der Waals surface area contributed by atoms with Gasteiger partial charge in [0.15, 0.2) is 0 Å². The van der Waals surface area contributed by atoms with Gasteiger partial charge in [0.2, 0.25) is 0 Å². The van der Waals surface area contributed by atoms with Crippen LogP contribution in [0.5, 0.6) is 0 Å². The van der Waals surface area contributed by atoms with E-state index in [1.165, 1.54) is 93.9 Å². The van der Waals surface area contributed by atoms with Crippen molar-refractivity contribution in [3.05, 3.63) is 199 Å². The van der Waals surface area contributed by atoms with E-state index in [1.807, 2.05) is 6.07 Å². The van der Waals surface area contributed by atoms with Gasteiger partial charge >= 0.3 is 0 Å². The van der Waals surface area contributed by atoms with Crippen molar-refractivity contribution in [3.8, 4) is 33.6 Å². The Hall–Kier alpha value is -6.58. The molecule has 3 heteroatoms. The average Bonchev–Trinajstić information content (AvgIpc) is 3.85. The van der Waals surface area contributed by atoms with Gasteiger partial charge in [0, 0.05) is 32.9 Å². The highest BCUT2D eigenvalue weighted by Crippen LogP contribution is 2.40. The number of nitrogens with zero attached hydrogens (tertiary/aromatic N) is 2. The van der Waals surface area contributed by atoms with Crippen LogP contribution in [-0.2, 0) is 6.42 Å². The van der Waals surface area contributed by atoms with E-state index in [1.54, 1.807) is 0 Å². The Morgan fingerprint density at radius 1 is 0.396 bits per heavy atom. The minimum absolute atomic E-state index is 0.821. The summed E-state index contributed by atoms with van der Waals surface area (Å²) in [5.41, 5.74) is 17.3. The van der Waals surface area contributed by atoms with Crippen LogP contribution >= 0.6 is 0 Å². The summed E-state index contributed by atoms with van der Waals surface area (Å²) in [6.07, 6.45) is 0.981. The Labute approximate surface area is 310 Å². The molecule has 0 atom stereocenters. The summed E-state index contributed by atoms with van der Waals surface area (Å²) in [5.74, 6) is 0. The first kappa shape index (κ1) is 31.2. The number of hydrogen-bond acceptors (Lipinski definition) is 0. The van der Waals surface area contributed by atoms with Crippen LogP contribution in [0.4, 0.5) is 0 Å². The molecule has 0 aliphatic heterocycles. The monoisotopic (exact) mass is 674 g/mol.